The number of halogens is 2. The Balaban J connectivity index is 0.733. The zero-order valence-electron chi connectivity index (χ0n) is 44.5. The van der Waals surface area contributed by atoms with Gasteiger partial charge in [-0.2, -0.15) is 5.10 Å². The Kier molecular flexibility index (Phi) is 15.8. The second-order valence-corrected chi connectivity index (χ2v) is 23.6. The van der Waals surface area contributed by atoms with Crippen LogP contribution in [0.3, 0.4) is 0 Å². The number of benzene rings is 3. The summed E-state index contributed by atoms with van der Waals surface area (Å²) in [7, 11) is 0. The van der Waals surface area contributed by atoms with Crippen LogP contribution in [0.5, 0.6) is 0 Å². The number of piperazine rings is 2. The molecule has 4 aromatic rings. The Labute approximate surface area is 444 Å². The molecule has 1 unspecified atom stereocenters. The molecule has 2 saturated carbocycles. The molecule has 15 nitrogen and oxygen atoms in total. The number of piperidine rings is 3. The highest BCUT2D eigenvalue weighted by atomic mass is 19.1. The average Bonchev–Trinajstić information content (AvgIpc) is 3.45. The summed E-state index contributed by atoms with van der Waals surface area (Å²) in [6, 6.07) is 19.3. The number of aromatic nitrogens is 2. The molecule has 7 fully saturated rings. The molecule has 2 aliphatic carbocycles. The Hall–Kier alpha value is -6.07. The van der Waals surface area contributed by atoms with Crippen LogP contribution in [0.25, 0.3) is 10.8 Å². The number of carbonyl (C=O) groups excluding carboxylic acids is 5. The van der Waals surface area contributed by atoms with Gasteiger partial charge in [-0.1, -0.05) is 82.5 Å². The highest BCUT2D eigenvalue weighted by molar-refractivity contribution is 5.96. The van der Waals surface area contributed by atoms with Gasteiger partial charge < -0.3 is 29.8 Å². The molecule has 17 heteroatoms. The first-order chi connectivity index (χ1) is 36.6. The van der Waals surface area contributed by atoms with Gasteiger partial charge >= 0.3 is 0 Å². The quantitative estimate of drug-likeness (QED) is 0.151. The van der Waals surface area contributed by atoms with E-state index >= 15 is 13.6 Å². The second kappa shape index (κ2) is 22.5. The van der Waals surface area contributed by atoms with Gasteiger partial charge in [-0.25, -0.2) is 13.9 Å². The van der Waals surface area contributed by atoms with Crippen LogP contribution >= 0.6 is 0 Å². The molecule has 76 heavy (non-hydrogen) atoms. The lowest BCUT2D eigenvalue weighted by Gasteiger charge is -2.56. The highest BCUT2D eigenvalue weighted by Gasteiger charge is 2.62. The van der Waals surface area contributed by atoms with Crippen molar-refractivity contribution < 1.29 is 32.8 Å². The molecule has 7 aliphatic rings. The van der Waals surface area contributed by atoms with E-state index < -0.39 is 40.8 Å². The summed E-state index contributed by atoms with van der Waals surface area (Å²) in [6.07, 6.45) is 8.07. The monoisotopic (exact) mass is 1040 g/mol. The second-order valence-electron chi connectivity index (χ2n) is 23.6. The third kappa shape index (κ3) is 11.1. The number of amides is 5. The van der Waals surface area contributed by atoms with Crippen LogP contribution in [-0.2, 0) is 20.8 Å². The van der Waals surface area contributed by atoms with Crippen LogP contribution in [-0.4, -0.2) is 166 Å². The predicted octanol–water partition coefficient (Wildman–Crippen LogP) is 6.51. The van der Waals surface area contributed by atoms with E-state index in [-0.39, 0.29) is 59.8 Å². The molecule has 6 heterocycles. The maximum absolute atomic E-state index is 19.3. The molecule has 5 saturated heterocycles. The van der Waals surface area contributed by atoms with Gasteiger partial charge in [0.15, 0.2) is 0 Å². The van der Waals surface area contributed by atoms with Crippen molar-refractivity contribution in [3.8, 4) is 0 Å². The smallest absolute Gasteiger partial charge is 0.272 e. The number of alkyl halides is 1. The van der Waals surface area contributed by atoms with Gasteiger partial charge in [-0.15, -0.1) is 0 Å². The van der Waals surface area contributed by atoms with Crippen molar-refractivity contribution in [3.05, 3.63) is 111 Å². The molecular formula is C59H75F2N9O6. The molecule has 11 rings (SSSR count). The van der Waals surface area contributed by atoms with Gasteiger partial charge in [0.1, 0.15) is 5.82 Å². The molecule has 5 aliphatic heterocycles. The number of aromatic amines is 1. The van der Waals surface area contributed by atoms with E-state index in [1.807, 2.05) is 23.1 Å². The highest BCUT2D eigenvalue weighted by Crippen LogP contribution is 2.49. The van der Waals surface area contributed by atoms with Gasteiger partial charge in [0.05, 0.1) is 35.1 Å². The van der Waals surface area contributed by atoms with Crippen LogP contribution < -0.4 is 10.9 Å². The number of hydrogen-bond acceptors (Lipinski definition) is 9. The van der Waals surface area contributed by atoms with E-state index in [1.54, 1.807) is 79.1 Å². The zero-order valence-corrected chi connectivity index (χ0v) is 44.5. The predicted molar refractivity (Wildman–Crippen MR) is 285 cm³/mol. The van der Waals surface area contributed by atoms with Crippen LogP contribution in [0.4, 0.5) is 8.78 Å². The molecule has 2 N–H and O–H groups in total. The van der Waals surface area contributed by atoms with Crippen molar-refractivity contribution in [3.63, 3.8) is 0 Å². The maximum atomic E-state index is 19.3. The normalized spacial score (nSPS) is 25.4. The lowest BCUT2D eigenvalue weighted by atomic mass is 9.67. The number of rotatable bonds is 12. The van der Waals surface area contributed by atoms with Crippen LogP contribution in [0.15, 0.2) is 77.6 Å². The molecule has 6 atom stereocenters. The summed E-state index contributed by atoms with van der Waals surface area (Å²) < 4.78 is 34.4. The van der Waals surface area contributed by atoms with Gasteiger partial charge in [0.25, 0.3) is 17.4 Å². The third-order valence-corrected chi connectivity index (χ3v) is 17.7. The summed E-state index contributed by atoms with van der Waals surface area (Å²) in [5.74, 6) is -5.12. The number of H-pyrrole nitrogens is 1. The summed E-state index contributed by atoms with van der Waals surface area (Å²) in [5, 5.41) is 11.0. The molecule has 0 spiro atoms. The van der Waals surface area contributed by atoms with E-state index in [0.29, 0.717) is 98.3 Å². The first kappa shape index (κ1) is 53.3. The van der Waals surface area contributed by atoms with Gasteiger partial charge in [-0.05, 0) is 98.6 Å². The van der Waals surface area contributed by atoms with E-state index in [0.717, 1.165) is 71.2 Å². The van der Waals surface area contributed by atoms with Gasteiger partial charge in [0.2, 0.25) is 23.5 Å². The zero-order chi connectivity index (χ0) is 53.3. The topological polar surface area (TPSA) is 163 Å². The minimum atomic E-state index is -2.41. The first-order valence-corrected chi connectivity index (χ1v) is 28.0. The Bertz CT molecular complexity index is 2840. The van der Waals surface area contributed by atoms with E-state index in [4.69, 9.17) is 0 Å². The Morgan fingerprint density at radius 1 is 0.776 bits per heavy atom. The van der Waals surface area contributed by atoms with Gasteiger partial charge in [0, 0.05) is 101 Å². The largest absolute Gasteiger partial charge is 0.344 e. The fraction of sp³-hybridized carbons (Fsp3) is 0.576. The number of hydrogen-bond donors (Lipinski definition) is 2. The number of nitrogens with one attached hydrogen (secondary N) is 2. The third-order valence-electron chi connectivity index (χ3n) is 17.7. The molecule has 406 valence electrons. The average molecular weight is 1040 g/mol. The Morgan fingerprint density at radius 2 is 1.46 bits per heavy atom. The van der Waals surface area contributed by atoms with Crippen molar-refractivity contribution in [1.29, 1.82) is 0 Å². The molecule has 0 radical (unpaired) electrons. The summed E-state index contributed by atoms with van der Waals surface area (Å²) >= 11 is 0. The van der Waals surface area contributed by atoms with Crippen molar-refractivity contribution in [2.24, 2.45) is 29.1 Å². The number of fused-ring (bicyclic) bond motifs is 4. The molecule has 2 bridgehead atoms. The van der Waals surface area contributed by atoms with E-state index in [2.05, 4.69) is 25.3 Å². The molecular weight excluding hydrogens is 969 g/mol. The van der Waals surface area contributed by atoms with Crippen LogP contribution in [0.2, 0.25) is 0 Å². The van der Waals surface area contributed by atoms with Crippen molar-refractivity contribution in [1.82, 2.24) is 44.9 Å². The minimum Gasteiger partial charge on any atom is -0.344 e. The summed E-state index contributed by atoms with van der Waals surface area (Å²) in [5.41, 5.74) is 0.488. The SMILES string of the molecule is CC(C)(C)C(=O)N1CCC[C@H](NC(=O)c2ccccc2)C1(F)[C@@H](C(=O)N1C[C@@H]2CC[C@@H]1C[C@H]2CN1CCN(CC(=O)N2CCN(C(=O)c3cc(Cc4n[nH]c(=O)c5ccccc45)ccc3F)CC2)CC1)C1CCCCC1. The molecule has 1 aromatic heterocycles. The van der Waals surface area contributed by atoms with Crippen molar-refractivity contribution in [2.45, 2.75) is 109 Å². The van der Waals surface area contributed by atoms with Crippen LogP contribution in [0.1, 0.15) is 117 Å². The van der Waals surface area contributed by atoms with Crippen LogP contribution in [0, 0.1) is 34.9 Å². The summed E-state index contributed by atoms with van der Waals surface area (Å²) in [4.78, 5) is 94.7. The van der Waals surface area contributed by atoms with E-state index in [9.17, 15) is 24.0 Å². The summed E-state index contributed by atoms with van der Waals surface area (Å²) in [6.45, 7) is 11.7. The van der Waals surface area contributed by atoms with Crippen molar-refractivity contribution >= 4 is 40.3 Å². The maximum Gasteiger partial charge on any atom is 0.272 e. The fourth-order valence-corrected chi connectivity index (χ4v) is 13.6. The standard InChI is InChI=1S/C59H75F2N9O6/c1-58(2,3)57(76)70-24-12-19-50(62-53(72)41-15-8-5-9-16-41)59(70,61)52(40-13-6-4-7-14-40)56(75)69-37-42-21-22-44(69)35-43(42)36-65-25-27-66(28-26-65)38-51(71)67-29-31-68(32-30-67)55(74)47-33-39(20-23-48(47)60)34-49-45-17-10-11-18-46(45)54(73)64-63-49/h5,8-11,15-18,20,23,33,40,42-44,50,52H,4,6-7,12-14,19,21-22,24-32,34-38H2,1-3H3,(H,62,72)(H,64,73)/t42-,43-,44+,50-,52+,59?/m0/s1. The molecule has 3 aromatic carbocycles. The lowest BCUT2D eigenvalue weighted by molar-refractivity contribution is -0.191. The first-order valence-electron chi connectivity index (χ1n) is 28.0. The van der Waals surface area contributed by atoms with Gasteiger partial charge in [-0.3, -0.25) is 33.7 Å². The minimum absolute atomic E-state index is 0.00862. The molecule has 5 amide bonds. The number of nitrogens with zero attached hydrogens (tertiary/aromatic N) is 7. The fourth-order valence-electron chi connectivity index (χ4n) is 13.6. The lowest BCUT2D eigenvalue weighted by Crippen LogP contribution is -2.72. The number of likely N-dealkylation sites (tertiary alicyclic amines) is 1. The Morgan fingerprint density at radius 3 is 2.16 bits per heavy atom. The van der Waals surface area contributed by atoms with E-state index in [1.165, 1.54) is 11.0 Å². The van der Waals surface area contributed by atoms with Crippen molar-refractivity contribution in [2.75, 3.05) is 78.5 Å². The number of carbonyl (C=O) groups is 5.